The molecule has 2 aromatic rings. The van der Waals surface area contributed by atoms with Gasteiger partial charge in [0.1, 0.15) is 15.2 Å². The molecule has 21 heavy (non-hydrogen) atoms. The van der Waals surface area contributed by atoms with Crippen LogP contribution in [-0.4, -0.2) is 21.0 Å². The van der Waals surface area contributed by atoms with Gasteiger partial charge < -0.3 is 5.11 Å². The van der Waals surface area contributed by atoms with Gasteiger partial charge in [0, 0.05) is 6.20 Å². The summed E-state index contributed by atoms with van der Waals surface area (Å²) in [5.74, 6) is -1.21. The molecule has 1 N–H and O–H groups in total. The average Bonchev–Trinajstić information content (AvgIpc) is 2.38. The maximum Gasteiger partial charge on any atom is 0.417 e. The summed E-state index contributed by atoms with van der Waals surface area (Å²) in [6.07, 6.45) is -3.80. The van der Waals surface area contributed by atoms with E-state index in [1.54, 1.807) is 0 Å². The number of carboxylic acid groups (broad SMARTS) is 1. The monoisotopic (exact) mass is 334 g/mol. The minimum absolute atomic E-state index is 0.0576. The van der Waals surface area contributed by atoms with E-state index in [0.717, 1.165) is 23.9 Å². The van der Waals surface area contributed by atoms with E-state index in [1.165, 1.54) is 12.1 Å². The Bertz CT molecular complexity index is 677. The van der Waals surface area contributed by atoms with E-state index >= 15 is 0 Å². The highest BCUT2D eigenvalue weighted by Crippen LogP contribution is 2.32. The van der Waals surface area contributed by atoms with Crippen LogP contribution in [0.3, 0.4) is 0 Å². The third kappa shape index (κ3) is 3.85. The number of halogens is 4. The summed E-state index contributed by atoms with van der Waals surface area (Å²) in [6, 6.07) is 4.58. The lowest BCUT2D eigenvalue weighted by Crippen LogP contribution is -2.05. The van der Waals surface area contributed by atoms with Gasteiger partial charge in [0.2, 0.25) is 0 Å². The Morgan fingerprint density at radius 3 is 2.48 bits per heavy atom. The predicted molar refractivity (Wildman–Crippen MR) is 69.6 cm³/mol. The number of alkyl halides is 3. The smallest absolute Gasteiger partial charge is 0.417 e. The number of carboxylic acids is 1. The van der Waals surface area contributed by atoms with Crippen molar-refractivity contribution >= 4 is 29.3 Å². The number of hydrogen-bond donors (Lipinski definition) is 1. The Morgan fingerprint density at radius 1 is 1.24 bits per heavy atom. The van der Waals surface area contributed by atoms with Gasteiger partial charge in [-0.15, -0.1) is 0 Å². The van der Waals surface area contributed by atoms with E-state index in [-0.39, 0.29) is 20.8 Å². The van der Waals surface area contributed by atoms with Crippen LogP contribution in [0.4, 0.5) is 13.2 Å². The fraction of sp³-hybridized carbons (Fsp3) is 0.0833. The predicted octanol–water partition coefficient (Wildman–Crippen LogP) is 4.00. The Labute approximate surface area is 126 Å². The topological polar surface area (TPSA) is 63.1 Å². The SMILES string of the molecule is O=C(O)c1ccc(Cl)nc1Sc1ccc(C(F)(F)F)cn1. The number of pyridine rings is 2. The molecule has 0 bridgehead atoms. The van der Waals surface area contributed by atoms with E-state index in [2.05, 4.69) is 9.97 Å². The van der Waals surface area contributed by atoms with Crippen molar-refractivity contribution in [1.29, 1.82) is 0 Å². The first-order valence-corrected chi connectivity index (χ1v) is 6.58. The van der Waals surface area contributed by atoms with Gasteiger partial charge in [0.15, 0.2) is 0 Å². The van der Waals surface area contributed by atoms with Crippen molar-refractivity contribution < 1.29 is 23.1 Å². The maximum absolute atomic E-state index is 12.4. The summed E-state index contributed by atoms with van der Waals surface area (Å²) < 4.78 is 37.2. The molecule has 2 rings (SSSR count). The molecule has 2 aromatic heterocycles. The first-order chi connectivity index (χ1) is 9.77. The Morgan fingerprint density at radius 2 is 1.95 bits per heavy atom. The second-order valence-corrected chi connectivity index (χ2v) is 5.17. The number of aromatic carboxylic acids is 1. The molecule has 0 spiro atoms. The zero-order valence-electron chi connectivity index (χ0n) is 10.1. The lowest BCUT2D eigenvalue weighted by atomic mass is 10.3. The maximum atomic E-state index is 12.4. The zero-order chi connectivity index (χ0) is 15.6. The molecule has 0 unspecified atom stereocenters. The molecule has 0 aromatic carbocycles. The van der Waals surface area contributed by atoms with Crippen molar-refractivity contribution in [3.63, 3.8) is 0 Å². The van der Waals surface area contributed by atoms with E-state index in [4.69, 9.17) is 16.7 Å². The molecule has 0 saturated heterocycles. The molecule has 0 amide bonds. The molecule has 0 radical (unpaired) electrons. The molecule has 0 aliphatic carbocycles. The first-order valence-electron chi connectivity index (χ1n) is 5.38. The fourth-order valence-electron chi connectivity index (χ4n) is 1.37. The molecule has 0 aliphatic heterocycles. The number of aromatic nitrogens is 2. The Balaban J connectivity index is 2.30. The number of hydrogen-bond acceptors (Lipinski definition) is 4. The van der Waals surface area contributed by atoms with E-state index in [1.807, 2.05) is 0 Å². The third-order valence-electron chi connectivity index (χ3n) is 2.32. The third-order valence-corrected chi connectivity index (χ3v) is 3.49. The van der Waals surface area contributed by atoms with Crippen molar-refractivity contribution in [1.82, 2.24) is 9.97 Å². The average molecular weight is 335 g/mol. The van der Waals surface area contributed by atoms with Gasteiger partial charge in [-0.1, -0.05) is 11.6 Å². The zero-order valence-corrected chi connectivity index (χ0v) is 11.6. The molecule has 9 heteroatoms. The van der Waals surface area contributed by atoms with Gasteiger partial charge in [0.05, 0.1) is 11.1 Å². The molecule has 0 fully saturated rings. The summed E-state index contributed by atoms with van der Waals surface area (Å²) in [4.78, 5) is 18.5. The second kappa shape index (κ2) is 5.90. The highest BCUT2D eigenvalue weighted by atomic mass is 35.5. The van der Waals surface area contributed by atoms with E-state index in [0.29, 0.717) is 6.20 Å². The van der Waals surface area contributed by atoms with Gasteiger partial charge in [0.25, 0.3) is 0 Å². The van der Waals surface area contributed by atoms with Crippen LogP contribution < -0.4 is 0 Å². The standard InChI is InChI=1S/C12H6ClF3N2O2S/c13-8-3-2-7(11(19)20)10(18-8)21-9-4-1-6(5-17-9)12(14,15)16/h1-5H,(H,19,20). The number of nitrogens with zero attached hydrogens (tertiary/aromatic N) is 2. The van der Waals surface area contributed by atoms with Gasteiger partial charge in [-0.2, -0.15) is 13.2 Å². The minimum Gasteiger partial charge on any atom is -0.478 e. The highest BCUT2D eigenvalue weighted by molar-refractivity contribution is 7.99. The molecule has 2 heterocycles. The van der Waals surface area contributed by atoms with E-state index in [9.17, 15) is 18.0 Å². The summed E-state index contributed by atoms with van der Waals surface area (Å²) in [5, 5.41) is 9.34. The Hall–Kier alpha value is -1.80. The number of rotatable bonds is 3. The second-order valence-electron chi connectivity index (χ2n) is 3.78. The van der Waals surface area contributed by atoms with Crippen LogP contribution in [0.2, 0.25) is 5.15 Å². The highest BCUT2D eigenvalue weighted by Gasteiger charge is 2.30. The van der Waals surface area contributed by atoms with E-state index < -0.39 is 17.7 Å². The molecular formula is C12H6ClF3N2O2S. The molecule has 0 atom stereocenters. The van der Waals surface area contributed by atoms with Crippen molar-refractivity contribution in [2.24, 2.45) is 0 Å². The Kier molecular flexibility index (Phi) is 4.38. The van der Waals surface area contributed by atoms with Crippen LogP contribution in [0.1, 0.15) is 15.9 Å². The van der Waals surface area contributed by atoms with Crippen LogP contribution in [0, 0.1) is 0 Å². The molecule has 110 valence electrons. The minimum atomic E-state index is -4.48. The lowest BCUT2D eigenvalue weighted by Gasteiger charge is -2.07. The van der Waals surface area contributed by atoms with Gasteiger partial charge in [-0.25, -0.2) is 14.8 Å². The fourth-order valence-corrected chi connectivity index (χ4v) is 2.41. The van der Waals surface area contributed by atoms with Crippen LogP contribution in [-0.2, 0) is 6.18 Å². The van der Waals surface area contributed by atoms with Crippen LogP contribution in [0.5, 0.6) is 0 Å². The van der Waals surface area contributed by atoms with Crippen LogP contribution >= 0.6 is 23.4 Å². The van der Waals surface area contributed by atoms with Crippen LogP contribution in [0.15, 0.2) is 40.5 Å². The normalized spacial score (nSPS) is 11.4. The summed E-state index contributed by atoms with van der Waals surface area (Å²) in [7, 11) is 0. The van der Waals surface area contributed by atoms with Gasteiger partial charge >= 0.3 is 12.1 Å². The van der Waals surface area contributed by atoms with Crippen molar-refractivity contribution in [3.05, 3.63) is 46.7 Å². The quantitative estimate of drug-likeness (QED) is 0.860. The molecular weight excluding hydrogens is 329 g/mol. The van der Waals surface area contributed by atoms with Crippen LogP contribution in [0.25, 0.3) is 0 Å². The summed E-state index contributed by atoms with van der Waals surface area (Å²) >= 11 is 6.51. The van der Waals surface area contributed by atoms with Crippen molar-refractivity contribution in [3.8, 4) is 0 Å². The summed E-state index contributed by atoms with van der Waals surface area (Å²) in [5.41, 5.74) is -0.990. The molecule has 0 aliphatic rings. The largest absolute Gasteiger partial charge is 0.478 e. The first kappa shape index (κ1) is 15.6. The van der Waals surface area contributed by atoms with Gasteiger partial charge in [-0.05, 0) is 36.0 Å². The lowest BCUT2D eigenvalue weighted by molar-refractivity contribution is -0.137. The van der Waals surface area contributed by atoms with Crippen molar-refractivity contribution in [2.75, 3.05) is 0 Å². The number of carbonyl (C=O) groups is 1. The molecule has 4 nitrogen and oxygen atoms in total. The molecule has 0 saturated carbocycles. The summed E-state index contributed by atoms with van der Waals surface area (Å²) in [6.45, 7) is 0. The van der Waals surface area contributed by atoms with Crippen molar-refractivity contribution in [2.45, 2.75) is 16.2 Å². The van der Waals surface area contributed by atoms with Gasteiger partial charge in [-0.3, -0.25) is 0 Å².